The maximum atomic E-state index is 11.9. The number of ether oxygens (including phenoxy) is 1. The Hall–Kier alpha value is -0.530. The van der Waals surface area contributed by atoms with E-state index in [1.807, 2.05) is 0 Å². The van der Waals surface area contributed by atoms with Crippen LogP contribution in [0.2, 0.25) is 0 Å². The Morgan fingerprint density at radius 2 is 1.31 bits per heavy atom. The summed E-state index contributed by atoms with van der Waals surface area (Å²) in [5.74, 6) is 0. The number of hydrogen-bond donors (Lipinski definition) is 0. The lowest BCUT2D eigenvalue weighted by Crippen LogP contribution is -2.67. The minimum Gasteiger partial charge on any atom is -0.323 e. The van der Waals surface area contributed by atoms with Crippen molar-refractivity contribution < 1.29 is 35.5 Å². The number of hydrogen-bond acceptors (Lipinski definition) is 1. The Kier molecular flexibility index (Phi) is 2.02. The van der Waals surface area contributed by atoms with Crippen molar-refractivity contribution in [3.05, 3.63) is 0 Å². The molecule has 0 aliphatic carbocycles. The second-order valence-electron chi connectivity index (χ2n) is 2.55. The molecule has 1 aliphatic rings. The van der Waals surface area contributed by atoms with Gasteiger partial charge in [-0.15, -0.1) is 0 Å². The van der Waals surface area contributed by atoms with Crippen molar-refractivity contribution >= 4 is 0 Å². The second-order valence-corrected chi connectivity index (χ2v) is 2.55. The van der Waals surface area contributed by atoms with Crippen LogP contribution in [0.5, 0.6) is 0 Å². The lowest BCUT2D eigenvalue weighted by molar-refractivity contribution is -0.454. The summed E-state index contributed by atoms with van der Waals surface area (Å²) in [5.41, 5.74) is -4.31. The van der Waals surface area contributed by atoms with Gasteiger partial charge >= 0.3 is 12.4 Å². The largest absolute Gasteiger partial charge is 0.426 e. The van der Waals surface area contributed by atoms with Crippen LogP contribution in [0, 0.1) is 0 Å². The molecule has 1 unspecified atom stereocenters. The predicted octanol–water partition coefficient (Wildman–Crippen LogP) is 2.57. The molecule has 0 radical (unpaired) electrons. The van der Waals surface area contributed by atoms with E-state index in [2.05, 4.69) is 4.74 Å². The maximum absolute atomic E-state index is 11.9. The van der Waals surface area contributed by atoms with Crippen LogP contribution in [0.1, 0.15) is 6.42 Å². The highest BCUT2D eigenvalue weighted by Gasteiger charge is 2.78. The van der Waals surface area contributed by atoms with Crippen molar-refractivity contribution in [3.8, 4) is 0 Å². The van der Waals surface area contributed by atoms with E-state index in [4.69, 9.17) is 0 Å². The summed E-state index contributed by atoms with van der Waals surface area (Å²) in [6.45, 7) is 0. The number of alkyl halides is 7. The van der Waals surface area contributed by atoms with Crippen LogP contribution in [0.3, 0.4) is 0 Å². The Labute approximate surface area is 67.5 Å². The monoisotopic (exact) mass is 212 g/mol. The van der Waals surface area contributed by atoms with Crippen LogP contribution in [-0.4, -0.2) is 24.3 Å². The Morgan fingerprint density at radius 1 is 1.00 bits per heavy atom. The summed E-state index contributed by atoms with van der Waals surface area (Å²) >= 11 is 0. The van der Waals surface area contributed by atoms with E-state index in [1.54, 1.807) is 0 Å². The van der Waals surface area contributed by atoms with E-state index >= 15 is 0 Å². The smallest absolute Gasteiger partial charge is 0.323 e. The van der Waals surface area contributed by atoms with Crippen molar-refractivity contribution in [2.45, 2.75) is 30.7 Å². The molecule has 0 saturated carbocycles. The molecule has 8 heteroatoms. The van der Waals surface area contributed by atoms with Gasteiger partial charge in [0.05, 0.1) is 6.42 Å². The minimum atomic E-state index is -5.63. The molecule has 0 aromatic carbocycles. The van der Waals surface area contributed by atoms with Crippen molar-refractivity contribution in [1.82, 2.24) is 0 Å². The highest BCUT2D eigenvalue weighted by molar-refractivity contribution is 5.02. The highest BCUT2D eigenvalue weighted by atomic mass is 19.4. The average molecular weight is 212 g/mol. The molecule has 0 bridgehead atoms. The lowest BCUT2D eigenvalue weighted by Gasteiger charge is -2.45. The summed E-state index contributed by atoms with van der Waals surface area (Å²) in [6.07, 6.45) is -15.5. The molecule has 1 rings (SSSR count). The molecule has 0 amide bonds. The standard InChI is InChI=1S/C5H3F7O/c6-2-1-3(13-2,4(7,8)9)5(10,11)12/h2H,1H2. The van der Waals surface area contributed by atoms with E-state index in [9.17, 15) is 30.7 Å². The van der Waals surface area contributed by atoms with E-state index in [-0.39, 0.29) is 0 Å². The SMILES string of the molecule is FC1CC(C(F)(F)F)(C(F)(F)F)O1. The third kappa shape index (κ3) is 1.36. The molecule has 0 spiro atoms. The molecule has 1 fully saturated rings. The van der Waals surface area contributed by atoms with Crippen molar-refractivity contribution in [1.29, 1.82) is 0 Å². The molecule has 13 heavy (non-hydrogen) atoms. The summed E-state index contributed by atoms with van der Waals surface area (Å²) in [7, 11) is 0. The van der Waals surface area contributed by atoms with Gasteiger partial charge in [0.15, 0.2) is 0 Å². The Balaban J connectivity index is 2.93. The third-order valence-corrected chi connectivity index (χ3v) is 1.69. The summed E-state index contributed by atoms with van der Waals surface area (Å²) in [5, 5.41) is 0. The van der Waals surface area contributed by atoms with Gasteiger partial charge in [-0.25, -0.2) is 4.39 Å². The van der Waals surface area contributed by atoms with Crippen LogP contribution >= 0.6 is 0 Å². The lowest BCUT2D eigenvalue weighted by atomic mass is 9.92. The summed E-state index contributed by atoms with van der Waals surface area (Å²) < 4.78 is 85.9. The van der Waals surface area contributed by atoms with Crippen molar-refractivity contribution in [2.75, 3.05) is 0 Å². The van der Waals surface area contributed by atoms with E-state index in [0.29, 0.717) is 0 Å². The molecule has 0 aromatic heterocycles. The first-order valence-corrected chi connectivity index (χ1v) is 3.05. The molecular weight excluding hydrogens is 209 g/mol. The molecular formula is C5H3F7O. The summed E-state index contributed by atoms with van der Waals surface area (Å²) in [4.78, 5) is 0. The highest BCUT2D eigenvalue weighted by Crippen LogP contribution is 2.55. The molecule has 1 nitrogen and oxygen atoms in total. The van der Waals surface area contributed by atoms with Crippen LogP contribution in [0.15, 0.2) is 0 Å². The van der Waals surface area contributed by atoms with E-state index < -0.39 is 30.7 Å². The van der Waals surface area contributed by atoms with Gasteiger partial charge in [-0.3, -0.25) is 0 Å². The quantitative estimate of drug-likeness (QED) is 0.560. The molecule has 1 aliphatic heterocycles. The minimum absolute atomic E-state index is 1.72. The van der Waals surface area contributed by atoms with Crippen LogP contribution in [-0.2, 0) is 4.74 Å². The molecule has 78 valence electrons. The molecule has 1 saturated heterocycles. The normalized spacial score (nSPS) is 28.4. The van der Waals surface area contributed by atoms with Gasteiger partial charge in [0.2, 0.25) is 6.36 Å². The number of rotatable bonds is 0. The van der Waals surface area contributed by atoms with Crippen molar-refractivity contribution in [2.24, 2.45) is 0 Å². The second kappa shape index (κ2) is 2.49. The first kappa shape index (κ1) is 10.6. The zero-order valence-electron chi connectivity index (χ0n) is 5.84. The molecule has 0 N–H and O–H groups in total. The predicted molar refractivity (Wildman–Crippen MR) is 25.4 cm³/mol. The van der Waals surface area contributed by atoms with Gasteiger partial charge in [0.25, 0.3) is 5.60 Å². The van der Waals surface area contributed by atoms with Crippen molar-refractivity contribution in [3.63, 3.8) is 0 Å². The Morgan fingerprint density at radius 3 is 1.38 bits per heavy atom. The zero-order chi connectivity index (χ0) is 10.5. The van der Waals surface area contributed by atoms with Gasteiger partial charge in [0.1, 0.15) is 0 Å². The topological polar surface area (TPSA) is 9.23 Å². The fourth-order valence-electron chi connectivity index (χ4n) is 0.960. The maximum Gasteiger partial charge on any atom is 0.426 e. The molecule has 0 aromatic rings. The van der Waals surface area contributed by atoms with E-state index in [0.717, 1.165) is 0 Å². The van der Waals surface area contributed by atoms with Gasteiger partial charge < -0.3 is 4.74 Å². The fourth-order valence-corrected chi connectivity index (χ4v) is 0.960. The first-order valence-electron chi connectivity index (χ1n) is 3.05. The van der Waals surface area contributed by atoms with Crippen LogP contribution < -0.4 is 0 Å². The van der Waals surface area contributed by atoms with Gasteiger partial charge in [-0.2, -0.15) is 26.3 Å². The molecule has 1 atom stereocenters. The van der Waals surface area contributed by atoms with Crippen LogP contribution in [0.4, 0.5) is 30.7 Å². The Bertz CT molecular complexity index is 182. The molecule has 1 heterocycles. The van der Waals surface area contributed by atoms with Gasteiger partial charge in [-0.05, 0) is 0 Å². The fraction of sp³-hybridized carbons (Fsp3) is 1.00. The average Bonchev–Trinajstić information content (AvgIpc) is 1.74. The van der Waals surface area contributed by atoms with Crippen LogP contribution in [0.25, 0.3) is 0 Å². The van der Waals surface area contributed by atoms with Gasteiger partial charge in [-0.1, -0.05) is 0 Å². The van der Waals surface area contributed by atoms with Gasteiger partial charge in [0, 0.05) is 0 Å². The third-order valence-electron chi connectivity index (χ3n) is 1.69. The summed E-state index contributed by atoms with van der Waals surface area (Å²) in [6, 6.07) is 0. The first-order chi connectivity index (χ1) is 5.60. The zero-order valence-corrected chi connectivity index (χ0v) is 5.84. The number of halogens is 7. The van der Waals surface area contributed by atoms with E-state index in [1.165, 1.54) is 0 Å².